The molecule has 0 aliphatic rings. The van der Waals surface area contributed by atoms with Gasteiger partial charge in [0.15, 0.2) is 0 Å². The zero-order valence-electron chi connectivity index (χ0n) is 12.2. The standard InChI is InChI=1S/C15H10ClF3N2O4/c16-10-6-11(12(22)5-9(10)13(23)24)21-14(25)20-8-3-1-2-7(4-8)15(17,18)19/h1-6,22H,(H,23,24)(H2,20,21,25). The second-order valence-corrected chi connectivity index (χ2v) is 5.22. The van der Waals surface area contributed by atoms with Gasteiger partial charge in [0.05, 0.1) is 21.8 Å². The summed E-state index contributed by atoms with van der Waals surface area (Å²) in [6, 6.07) is 4.84. The van der Waals surface area contributed by atoms with Gasteiger partial charge in [0, 0.05) is 5.69 Å². The molecule has 0 heterocycles. The maximum Gasteiger partial charge on any atom is 0.416 e. The summed E-state index contributed by atoms with van der Waals surface area (Å²) in [5.41, 5.74) is -1.65. The summed E-state index contributed by atoms with van der Waals surface area (Å²) in [5, 5.41) is 22.7. The maximum absolute atomic E-state index is 12.6. The normalized spacial score (nSPS) is 11.0. The summed E-state index contributed by atoms with van der Waals surface area (Å²) >= 11 is 5.72. The van der Waals surface area contributed by atoms with Crippen LogP contribution < -0.4 is 10.6 Å². The van der Waals surface area contributed by atoms with Gasteiger partial charge in [-0.05, 0) is 30.3 Å². The second-order valence-electron chi connectivity index (χ2n) is 4.81. The number of urea groups is 1. The monoisotopic (exact) mass is 374 g/mol. The Bertz CT molecular complexity index is 840. The molecule has 2 aromatic rings. The Hall–Kier alpha value is -2.94. The molecule has 0 aliphatic heterocycles. The number of nitrogens with one attached hydrogen (secondary N) is 2. The Kier molecular flexibility index (Phi) is 5.07. The van der Waals surface area contributed by atoms with Crippen LogP contribution >= 0.6 is 11.6 Å². The molecule has 0 atom stereocenters. The van der Waals surface area contributed by atoms with Crippen LogP contribution in [-0.4, -0.2) is 22.2 Å². The first-order valence-electron chi connectivity index (χ1n) is 6.59. The van der Waals surface area contributed by atoms with Crippen LogP contribution in [0.4, 0.5) is 29.3 Å². The molecule has 4 N–H and O–H groups in total. The smallest absolute Gasteiger partial charge is 0.416 e. The Balaban J connectivity index is 2.16. The van der Waals surface area contributed by atoms with Crippen LogP contribution in [0.15, 0.2) is 36.4 Å². The number of carbonyl (C=O) groups excluding carboxylic acids is 1. The van der Waals surface area contributed by atoms with Gasteiger partial charge < -0.3 is 20.8 Å². The quantitative estimate of drug-likeness (QED) is 0.598. The third kappa shape index (κ3) is 4.54. The largest absolute Gasteiger partial charge is 0.506 e. The lowest BCUT2D eigenvalue weighted by atomic mass is 10.2. The molecule has 2 rings (SSSR count). The third-order valence-electron chi connectivity index (χ3n) is 3.01. The van der Waals surface area contributed by atoms with Crippen molar-refractivity contribution in [1.82, 2.24) is 0 Å². The fourth-order valence-electron chi connectivity index (χ4n) is 1.88. The SMILES string of the molecule is O=C(Nc1cccc(C(F)(F)F)c1)Nc1cc(Cl)c(C(=O)O)cc1O. The van der Waals surface area contributed by atoms with Gasteiger partial charge in [0.25, 0.3) is 0 Å². The third-order valence-corrected chi connectivity index (χ3v) is 3.32. The van der Waals surface area contributed by atoms with E-state index in [-0.39, 0.29) is 22.0 Å². The van der Waals surface area contributed by atoms with E-state index in [1.807, 2.05) is 0 Å². The molecule has 132 valence electrons. The van der Waals surface area contributed by atoms with Gasteiger partial charge in [-0.1, -0.05) is 17.7 Å². The summed E-state index contributed by atoms with van der Waals surface area (Å²) in [7, 11) is 0. The number of aromatic hydroxyl groups is 1. The number of phenols is 1. The van der Waals surface area contributed by atoms with Crippen LogP contribution in [0.3, 0.4) is 0 Å². The lowest BCUT2D eigenvalue weighted by Crippen LogP contribution is -2.20. The maximum atomic E-state index is 12.6. The van der Waals surface area contributed by atoms with E-state index in [9.17, 15) is 27.9 Å². The van der Waals surface area contributed by atoms with Crippen LogP contribution in [-0.2, 0) is 6.18 Å². The molecule has 0 saturated heterocycles. The minimum atomic E-state index is -4.56. The van der Waals surface area contributed by atoms with Crippen LogP contribution in [0, 0.1) is 0 Å². The number of amides is 2. The summed E-state index contributed by atoms with van der Waals surface area (Å²) in [6.07, 6.45) is -4.56. The van der Waals surface area contributed by atoms with Gasteiger partial charge in [-0.25, -0.2) is 9.59 Å². The Morgan fingerprint density at radius 1 is 1.08 bits per heavy atom. The molecule has 0 unspecified atom stereocenters. The average Bonchev–Trinajstić information content (AvgIpc) is 2.49. The van der Waals surface area contributed by atoms with Crippen molar-refractivity contribution < 1.29 is 33.0 Å². The minimum absolute atomic E-state index is 0.125. The molecule has 25 heavy (non-hydrogen) atoms. The number of hydrogen-bond acceptors (Lipinski definition) is 3. The Morgan fingerprint density at radius 2 is 1.76 bits per heavy atom. The van der Waals surface area contributed by atoms with Gasteiger partial charge in [-0.2, -0.15) is 13.2 Å². The number of halogens is 4. The predicted molar refractivity (Wildman–Crippen MR) is 84.2 cm³/mol. The molecule has 2 aromatic carbocycles. The van der Waals surface area contributed by atoms with Gasteiger partial charge in [0.2, 0.25) is 0 Å². The van der Waals surface area contributed by atoms with Crippen molar-refractivity contribution in [2.24, 2.45) is 0 Å². The highest BCUT2D eigenvalue weighted by Gasteiger charge is 2.30. The number of benzene rings is 2. The number of alkyl halides is 3. The molecule has 0 fully saturated rings. The molecule has 0 aliphatic carbocycles. The first-order valence-corrected chi connectivity index (χ1v) is 6.97. The lowest BCUT2D eigenvalue weighted by Gasteiger charge is -2.12. The van der Waals surface area contributed by atoms with Crippen molar-refractivity contribution in [2.45, 2.75) is 6.18 Å². The summed E-state index contributed by atoms with van der Waals surface area (Å²) in [5.74, 6) is -1.94. The van der Waals surface area contributed by atoms with E-state index in [0.29, 0.717) is 0 Å². The molecule has 0 bridgehead atoms. The fraction of sp³-hybridized carbons (Fsp3) is 0.0667. The number of carboxylic acid groups (broad SMARTS) is 1. The van der Waals surface area contributed by atoms with E-state index in [1.165, 1.54) is 6.07 Å². The fourth-order valence-corrected chi connectivity index (χ4v) is 2.13. The summed E-state index contributed by atoms with van der Waals surface area (Å²) < 4.78 is 37.9. The highest BCUT2D eigenvalue weighted by atomic mass is 35.5. The number of hydrogen-bond donors (Lipinski definition) is 4. The molecule has 0 saturated carbocycles. The molecular formula is C15H10ClF3N2O4. The average molecular weight is 375 g/mol. The highest BCUT2D eigenvalue weighted by Crippen LogP contribution is 2.32. The Labute approximate surface area is 143 Å². The van der Waals surface area contributed by atoms with E-state index in [4.69, 9.17) is 16.7 Å². The number of anilines is 2. The molecule has 0 spiro atoms. The van der Waals surface area contributed by atoms with Gasteiger partial charge >= 0.3 is 18.2 Å². The van der Waals surface area contributed by atoms with Gasteiger partial charge in [0.1, 0.15) is 5.75 Å². The van der Waals surface area contributed by atoms with Crippen LogP contribution in [0.25, 0.3) is 0 Å². The molecule has 2 amide bonds. The van der Waals surface area contributed by atoms with Crippen molar-refractivity contribution in [3.63, 3.8) is 0 Å². The van der Waals surface area contributed by atoms with E-state index in [1.54, 1.807) is 0 Å². The topological polar surface area (TPSA) is 98.7 Å². The van der Waals surface area contributed by atoms with Crippen LogP contribution in [0.2, 0.25) is 5.02 Å². The summed E-state index contributed by atoms with van der Waals surface area (Å²) in [6.45, 7) is 0. The Morgan fingerprint density at radius 3 is 2.36 bits per heavy atom. The number of rotatable bonds is 3. The van der Waals surface area contributed by atoms with Gasteiger partial charge in [-0.15, -0.1) is 0 Å². The minimum Gasteiger partial charge on any atom is -0.506 e. The number of carbonyl (C=O) groups is 2. The molecule has 0 radical (unpaired) electrons. The summed E-state index contributed by atoms with van der Waals surface area (Å²) in [4.78, 5) is 22.7. The molecule has 0 aromatic heterocycles. The van der Waals surface area contributed by atoms with Crippen molar-refractivity contribution in [2.75, 3.05) is 10.6 Å². The van der Waals surface area contributed by atoms with E-state index >= 15 is 0 Å². The van der Waals surface area contributed by atoms with Crippen molar-refractivity contribution in [1.29, 1.82) is 0 Å². The zero-order valence-corrected chi connectivity index (χ0v) is 12.9. The second kappa shape index (κ2) is 6.89. The van der Waals surface area contributed by atoms with Crippen molar-refractivity contribution in [3.05, 3.63) is 52.5 Å². The highest BCUT2D eigenvalue weighted by molar-refractivity contribution is 6.34. The van der Waals surface area contributed by atoms with Crippen molar-refractivity contribution >= 4 is 35.0 Å². The number of phenolic OH excluding ortho intramolecular Hbond substituents is 1. The van der Waals surface area contributed by atoms with E-state index in [2.05, 4.69) is 10.6 Å². The van der Waals surface area contributed by atoms with Crippen LogP contribution in [0.5, 0.6) is 5.75 Å². The molecule has 6 nitrogen and oxygen atoms in total. The first kappa shape index (κ1) is 18.4. The van der Waals surface area contributed by atoms with E-state index in [0.717, 1.165) is 30.3 Å². The number of aromatic carboxylic acids is 1. The predicted octanol–water partition coefficient (Wildman–Crippen LogP) is 4.41. The molecule has 10 heteroatoms. The first-order chi connectivity index (χ1) is 11.6. The van der Waals surface area contributed by atoms with E-state index < -0.39 is 29.5 Å². The lowest BCUT2D eigenvalue weighted by molar-refractivity contribution is -0.137. The zero-order chi connectivity index (χ0) is 18.8. The van der Waals surface area contributed by atoms with Crippen molar-refractivity contribution in [3.8, 4) is 5.75 Å². The van der Waals surface area contributed by atoms with Crippen LogP contribution in [0.1, 0.15) is 15.9 Å². The molecular weight excluding hydrogens is 365 g/mol. The van der Waals surface area contributed by atoms with Gasteiger partial charge in [-0.3, -0.25) is 0 Å². The number of carboxylic acids is 1.